The number of nitriles is 1. The Bertz CT molecular complexity index is 1340. The highest BCUT2D eigenvalue weighted by molar-refractivity contribution is 7.85. The van der Waals surface area contributed by atoms with Gasteiger partial charge >= 0.3 is 0 Å². The Kier molecular flexibility index (Phi) is 9.22. The predicted octanol–water partition coefficient (Wildman–Crippen LogP) is 5.86. The third-order valence-electron chi connectivity index (χ3n) is 7.93. The highest BCUT2D eigenvalue weighted by atomic mass is 32.2. The lowest BCUT2D eigenvalue weighted by molar-refractivity contribution is -0.384. The van der Waals surface area contributed by atoms with Crippen LogP contribution in [0.3, 0.4) is 0 Å². The van der Waals surface area contributed by atoms with E-state index in [-0.39, 0.29) is 18.3 Å². The van der Waals surface area contributed by atoms with Gasteiger partial charge in [0.15, 0.2) is 0 Å². The van der Waals surface area contributed by atoms with Crippen molar-refractivity contribution in [2.45, 2.75) is 60.6 Å². The lowest BCUT2D eigenvalue weighted by Gasteiger charge is -2.42. The van der Waals surface area contributed by atoms with Crippen molar-refractivity contribution in [1.29, 1.82) is 5.26 Å². The average Bonchev–Trinajstić information content (AvgIpc) is 3.01. The van der Waals surface area contributed by atoms with Crippen LogP contribution in [0.4, 0.5) is 5.69 Å². The second-order valence-corrected chi connectivity index (χ2v) is 11.9. The molecule has 0 spiro atoms. The number of ether oxygens (including phenoxy) is 1. The standard InChI is InChI=1S/C31H34N4O4S/c32-22-31(34-20-18-33(19-21-34)26-4-2-1-3-5-26)25-8-14-29(15-9-25)40(38)30-16-12-28(13-17-30)39-23-24-6-10-27(11-7-24)35(36)37/h6-17,26,31H,1-5,18-21,23H2. The van der Waals surface area contributed by atoms with Gasteiger partial charge in [0.1, 0.15) is 18.4 Å². The molecular weight excluding hydrogens is 524 g/mol. The molecule has 9 heteroatoms. The molecule has 2 atom stereocenters. The van der Waals surface area contributed by atoms with E-state index >= 15 is 0 Å². The van der Waals surface area contributed by atoms with Crippen LogP contribution in [0.5, 0.6) is 5.75 Å². The molecule has 1 saturated carbocycles. The summed E-state index contributed by atoms with van der Waals surface area (Å²) in [7, 11) is -1.36. The topological polar surface area (TPSA) is 99.7 Å². The molecule has 40 heavy (non-hydrogen) atoms. The van der Waals surface area contributed by atoms with E-state index in [4.69, 9.17) is 4.74 Å². The number of benzene rings is 3. The van der Waals surface area contributed by atoms with Crippen molar-refractivity contribution in [2.24, 2.45) is 0 Å². The fourth-order valence-electron chi connectivity index (χ4n) is 5.62. The van der Waals surface area contributed by atoms with E-state index in [1.165, 1.54) is 44.2 Å². The summed E-state index contributed by atoms with van der Waals surface area (Å²) in [4.78, 5) is 16.6. The van der Waals surface area contributed by atoms with Crippen molar-refractivity contribution < 1.29 is 13.9 Å². The van der Waals surface area contributed by atoms with E-state index in [1.54, 1.807) is 36.4 Å². The van der Waals surface area contributed by atoms with Gasteiger partial charge in [0.25, 0.3) is 5.69 Å². The molecule has 2 aliphatic rings. The van der Waals surface area contributed by atoms with Gasteiger partial charge < -0.3 is 4.74 Å². The van der Waals surface area contributed by atoms with Gasteiger partial charge in [0, 0.05) is 54.1 Å². The van der Waals surface area contributed by atoms with Crippen molar-refractivity contribution >= 4 is 16.5 Å². The number of nitro groups is 1. The first kappa shape index (κ1) is 28.0. The molecule has 1 aliphatic heterocycles. The number of non-ortho nitro benzene ring substituents is 1. The molecule has 0 N–H and O–H groups in total. The fraction of sp³-hybridized carbons (Fsp3) is 0.387. The molecule has 0 bridgehead atoms. The molecule has 0 amide bonds. The number of piperazine rings is 1. The van der Waals surface area contributed by atoms with Gasteiger partial charge in [-0.25, -0.2) is 4.21 Å². The number of hydrogen-bond acceptors (Lipinski definition) is 7. The number of nitrogens with zero attached hydrogens (tertiary/aromatic N) is 4. The Hall–Kier alpha value is -3.58. The highest BCUT2D eigenvalue weighted by Crippen LogP contribution is 2.28. The minimum atomic E-state index is -1.36. The molecule has 3 aromatic rings. The first-order valence-electron chi connectivity index (χ1n) is 13.9. The van der Waals surface area contributed by atoms with Crippen LogP contribution >= 0.6 is 0 Å². The molecule has 0 aromatic heterocycles. The molecule has 8 nitrogen and oxygen atoms in total. The number of rotatable bonds is 9. The average molecular weight is 559 g/mol. The van der Waals surface area contributed by atoms with Gasteiger partial charge in [-0.3, -0.25) is 19.9 Å². The molecule has 208 valence electrons. The zero-order valence-electron chi connectivity index (χ0n) is 22.5. The summed E-state index contributed by atoms with van der Waals surface area (Å²) in [6.07, 6.45) is 6.64. The second-order valence-electron chi connectivity index (χ2n) is 10.4. The Morgan fingerprint density at radius 1 is 0.900 bits per heavy atom. The monoisotopic (exact) mass is 558 g/mol. The van der Waals surface area contributed by atoms with Gasteiger partial charge in [0.2, 0.25) is 0 Å². The van der Waals surface area contributed by atoms with E-state index in [0.29, 0.717) is 21.6 Å². The Morgan fingerprint density at radius 3 is 2.08 bits per heavy atom. The van der Waals surface area contributed by atoms with Gasteiger partial charge in [-0.1, -0.05) is 31.4 Å². The van der Waals surface area contributed by atoms with Gasteiger partial charge in [0.05, 0.1) is 21.8 Å². The molecule has 2 fully saturated rings. The zero-order chi connectivity index (χ0) is 27.9. The molecule has 3 aromatic carbocycles. The van der Waals surface area contributed by atoms with E-state index in [0.717, 1.165) is 37.3 Å². The highest BCUT2D eigenvalue weighted by Gasteiger charge is 2.29. The third-order valence-corrected chi connectivity index (χ3v) is 9.33. The smallest absolute Gasteiger partial charge is 0.269 e. The maximum absolute atomic E-state index is 13.2. The molecule has 5 rings (SSSR count). The minimum Gasteiger partial charge on any atom is -0.489 e. The fourth-order valence-corrected chi connectivity index (χ4v) is 6.66. The van der Waals surface area contributed by atoms with Crippen LogP contribution in [-0.4, -0.2) is 51.2 Å². The maximum Gasteiger partial charge on any atom is 0.269 e. The van der Waals surface area contributed by atoms with Crippen molar-refractivity contribution in [3.63, 3.8) is 0 Å². The van der Waals surface area contributed by atoms with Crippen LogP contribution < -0.4 is 4.74 Å². The molecule has 1 heterocycles. The van der Waals surface area contributed by atoms with Crippen LogP contribution in [0.2, 0.25) is 0 Å². The van der Waals surface area contributed by atoms with Crippen molar-refractivity contribution in [3.05, 3.63) is 94.0 Å². The molecule has 2 unspecified atom stereocenters. The van der Waals surface area contributed by atoms with Crippen LogP contribution in [0.25, 0.3) is 0 Å². The Morgan fingerprint density at radius 2 is 1.50 bits per heavy atom. The number of hydrogen-bond donors (Lipinski definition) is 0. The van der Waals surface area contributed by atoms with Crippen LogP contribution in [0.1, 0.15) is 49.3 Å². The van der Waals surface area contributed by atoms with Crippen molar-refractivity contribution in [1.82, 2.24) is 9.80 Å². The number of nitro benzene ring substituents is 1. The summed E-state index contributed by atoms with van der Waals surface area (Å²) >= 11 is 0. The van der Waals surface area contributed by atoms with Gasteiger partial charge in [-0.15, -0.1) is 0 Å². The van der Waals surface area contributed by atoms with Crippen LogP contribution in [0.15, 0.2) is 82.6 Å². The molecular formula is C31H34N4O4S. The summed E-state index contributed by atoms with van der Waals surface area (Å²) in [5.41, 5.74) is 1.80. The summed E-state index contributed by atoms with van der Waals surface area (Å²) in [6.45, 7) is 4.08. The summed E-state index contributed by atoms with van der Waals surface area (Å²) in [5, 5.41) is 20.8. The first-order valence-corrected chi connectivity index (χ1v) is 15.0. The molecule has 1 saturated heterocycles. The summed E-state index contributed by atoms with van der Waals surface area (Å²) in [5.74, 6) is 0.620. The Labute approximate surface area is 237 Å². The largest absolute Gasteiger partial charge is 0.489 e. The quantitative estimate of drug-likeness (QED) is 0.240. The second kappa shape index (κ2) is 13.2. The van der Waals surface area contributed by atoms with Crippen molar-refractivity contribution in [2.75, 3.05) is 26.2 Å². The normalized spacial score (nSPS) is 18.5. The van der Waals surface area contributed by atoms with E-state index < -0.39 is 15.7 Å². The Balaban J connectivity index is 1.15. The van der Waals surface area contributed by atoms with Crippen LogP contribution in [0, 0.1) is 21.4 Å². The lowest BCUT2D eigenvalue weighted by atomic mass is 9.93. The van der Waals surface area contributed by atoms with Crippen molar-refractivity contribution in [3.8, 4) is 11.8 Å². The van der Waals surface area contributed by atoms with E-state index in [9.17, 15) is 19.6 Å². The summed E-state index contributed by atoms with van der Waals surface area (Å²) in [6, 6.07) is 23.8. The zero-order valence-corrected chi connectivity index (χ0v) is 23.3. The minimum absolute atomic E-state index is 0.0412. The molecule has 0 radical (unpaired) electrons. The lowest BCUT2D eigenvalue weighted by Crippen LogP contribution is -2.51. The predicted molar refractivity (Wildman–Crippen MR) is 153 cm³/mol. The molecule has 1 aliphatic carbocycles. The first-order chi connectivity index (χ1) is 19.5. The summed E-state index contributed by atoms with van der Waals surface area (Å²) < 4.78 is 19.0. The van der Waals surface area contributed by atoms with Gasteiger partial charge in [-0.05, 0) is 72.5 Å². The SMILES string of the molecule is N#CC(c1ccc(S(=O)c2ccc(OCc3ccc([N+](=O)[O-])cc3)cc2)cc1)N1CCN(C2CCCCC2)CC1. The van der Waals surface area contributed by atoms with E-state index in [1.807, 2.05) is 24.3 Å². The maximum atomic E-state index is 13.2. The van der Waals surface area contributed by atoms with Crippen LogP contribution in [-0.2, 0) is 17.4 Å². The third kappa shape index (κ3) is 6.76. The van der Waals surface area contributed by atoms with E-state index in [2.05, 4.69) is 15.9 Å². The van der Waals surface area contributed by atoms with Gasteiger partial charge in [-0.2, -0.15) is 5.26 Å².